The molecule has 148 valence electrons. The molecule has 1 amide bonds. The molecule has 2 aromatic heterocycles. The van der Waals surface area contributed by atoms with Gasteiger partial charge in [-0.25, -0.2) is 4.98 Å². The molecular weight excluding hydrogens is 398 g/mol. The molecule has 1 atom stereocenters. The topological polar surface area (TPSA) is 92.8 Å². The van der Waals surface area contributed by atoms with E-state index in [9.17, 15) is 4.79 Å². The molecule has 0 unspecified atom stereocenters. The molecular formula is C22H17N5O2S. The third-order valence-corrected chi connectivity index (χ3v) is 6.30. The summed E-state index contributed by atoms with van der Waals surface area (Å²) >= 11 is 1.49. The Hall–Kier alpha value is -3.70. The number of nitriles is 1. The fraction of sp³-hybridized carbons (Fsp3) is 0.182. The van der Waals surface area contributed by atoms with Crippen LogP contribution in [-0.4, -0.2) is 27.8 Å². The zero-order valence-corrected chi connectivity index (χ0v) is 17.2. The molecule has 0 bridgehead atoms. The molecule has 0 radical (unpaired) electrons. The van der Waals surface area contributed by atoms with Gasteiger partial charge < -0.3 is 10.1 Å². The Morgan fingerprint density at radius 1 is 1.27 bits per heavy atom. The first-order valence-corrected chi connectivity index (χ1v) is 10.2. The Bertz CT molecular complexity index is 1330. The summed E-state index contributed by atoms with van der Waals surface area (Å²) in [4.78, 5) is 17.2. The van der Waals surface area contributed by atoms with Gasteiger partial charge in [-0.1, -0.05) is 23.5 Å². The lowest BCUT2D eigenvalue weighted by molar-refractivity contribution is -0.116. The van der Waals surface area contributed by atoms with Crippen LogP contribution < -0.4 is 10.1 Å². The van der Waals surface area contributed by atoms with E-state index in [4.69, 9.17) is 20.1 Å². The molecule has 1 N–H and O–H groups in total. The number of nitrogens with one attached hydrogen (secondary N) is 1. The van der Waals surface area contributed by atoms with Gasteiger partial charge in [0, 0.05) is 17.9 Å². The average molecular weight is 415 g/mol. The minimum absolute atomic E-state index is 0.0687. The molecule has 8 heteroatoms. The molecule has 2 aromatic carbocycles. The van der Waals surface area contributed by atoms with Crippen molar-refractivity contribution in [1.29, 1.82) is 5.26 Å². The number of benzene rings is 2. The molecule has 1 aliphatic rings. The zero-order chi connectivity index (χ0) is 20.8. The van der Waals surface area contributed by atoms with Crippen molar-refractivity contribution in [2.75, 3.05) is 12.4 Å². The summed E-state index contributed by atoms with van der Waals surface area (Å²) < 4.78 is 8.01. The molecule has 4 aromatic rings. The number of methoxy groups -OCH3 is 1. The summed E-state index contributed by atoms with van der Waals surface area (Å²) in [5.74, 6) is 1.24. The van der Waals surface area contributed by atoms with Crippen molar-refractivity contribution < 1.29 is 9.53 Å². The number of amides is 1. The second kappa shape index (κ2) is 6.97. The van der Waals surface area contributed by atoms with Crippen molar-refractivity contribution >= 4 is 33.3 Å². The third kappa shape index (κ3) is 2.91. The van der Waals surface area contributed by atoms with Crippen LogP contribution in [0.5, 0.6) is 5.75 Å². The van der Waals surface area contributed by atoms with Crippen LogP contribution in [0.4, 0.5) is 5.82 Å². The molecule has 30 heavy (non-hydrogen) atoms. The Kier molecular flexibility index (Phi) is 4.26. The predicted octanol–water partition coefficient (Wildman–Crippen LogP) is 4.14. The lowest BCUT2D eigenvalue weighted by Crippen LogP contribution is -2.24. The quantitative estimate of drug-likeness (QED) is 0.543. The van der Waals surface area contributed by atoms with Gasteiger partial charge in [-0.3, -0.25) is 4.79 Å². The van der Waals surface area contributed by atoms with Gasteiger partial charge in [0.2, 0.25) is 11.0 Å². The van der Waals surface area contributed by atoms with Crippen LogP contribution in [0.1, 0.15) is 34.7 Å². The smallest absolute Gasteiger partial charge is 0.226 e. The molecule has 5 rings (SSSR count). The van der Waals surface area contributed by atoms with Crippen molar-refractivity contribution in [3.05, 3.63) is 64.8 Å². The molecule has 0 saturated carbocycles. The van der Waals surface area contributed by atoms with Crippen molar-refractivity contribution in [3.63, 3.8) is 0 Å². The van der Waals surface area contributed by atoms with Gasteiger partial charge in [-0.05, 0) is 42.8 Å². The maximum absolute atomic E-state index is 12.5. The number of aromatic nitrogens is 3. The van der Waals surface area contributed by atoms with E-state index in [0.717, 1.165) is 32.8 Å². The number of rotatable bonds is 3. The molecule has 0 aliphatic carbocycles. The Morgan fingerprint density at radius 3 is 2.80 bits per heavy atom. The number of anilines is 1. The zero-order valence-electron chi connectivity index (χ0n) is 16.3. The standard InChI is InChI=1S/C22H17N5O2S/c1-12-20-16(14-5-3-13(11-23)4-6-14)10-19(28)25-21(20)27(26-12)22-24-17-8-7-15(29-2)9-18(17)30-22/h3-9,16H,10H2,1-2H3,(H,25,28)/t16-/m1/s1. The van der Waals surface area contributed by atoms with Crippen LogP contribution in [0, 0.1) is 18.3 Å². The van der Waals surface area contributed by atoms with Gasteiger partial charge in [0.25, 0.3) is 0 Å². The molecule has 3 heterocycles. The van der Waals surface area contributed by atoms with Crippen molar-refractivity contribution in [3.8, 4) is 17.0 Å². The number of ether oxygens (including phenoxy) is 1. The van der Waals surface area contributed by atoms with Crippen LogP contribution in [0.2, 0.25) is 0 Å². The summed E-state index contributed by atoms with van der Waals surface area (Å²) in [6.07, 6.45) is 0.336. The fourth-order valence-corrected chi connectivity index (χ4v) is 4.82. The van der Waals surface area contributed by atoms with E-state index in [1.54, 1.807) is 23.9 Å². The summed E-state index contributed by atoms with van der Waals surface area (Å²) in [6.45, 7) is 1.94. The van der Waals surface area contributed by atoms with Crippen LogP contribution in [0.3, 0.4) is 0 Å². The van der Waals surface area contributed by atoms with Crippen LogP contribution in [0.25, 0.3) is 15.3 Å². The minimum atomic E-state index is -0.121. The highest BCUT2D eigenvalue weighted by Gasteiger charge is 2.33. The summed E-state index contributed by atoms with van der Waals surface area (Å²) in [5.41, 5.74) is 4.26. The van der Waals surface area contributed by atoms with Gasteiger partial charge >= 0.3 is 0 Å². The maximum atomic E-state index is 12.5. The summed E-state index contributed by atoms with van der Waals surface area (Å²) in [6, 6.07) is 15.2. The lowest BCUT2D eigenvalue weighted by atomic mass is 9.85. The monoisotopic (exact) mass is 415 g/mol. The molecule has 0 saturated heterocycles. The molecule has 1 aliphatic heterocycles. The van der Waals surface area contributed by atoms with Crippen LogP contribution in [-0.2, 0) is 4.79 Å². The van der Waals surface area contributed by atoms with E-state index < -0.39 is 0 Å². The minimum Gasteiger partial charge on any atom is -0.497 e. The number of hydrogen-bond donors (Lipinski definition) is 1. The van der Waals surface area contributed by atoms with Crippen LogP contribution in [0.15, 0.2) is 42.5 Å². The van der Waals surface area contributed by atoms with E-state index >= 15 is 0 Å². The third-order valence-electron chi connectivity index (χ3n) is 5.31. The van der Waals surface area contributed by atoms with Gasteiger partial charge in [0.15, 0.2) is 0 Å². The Labute approximate surface area is 176 Å². The van der Waals surface area contributed by atoms with Crippen molar-refractivity contribution in [1.82, 2.24) is 14.8 Å². The SMILES string of the molecule is COc1ccc2nc(-n3nc(C)c4c3NC(=O)C[C@@H]4c3ccc(C#N)cc3)sc2c1. The largest absolute Gasteiger partial charge is 0.497 e. The highest BCUT2D eigenvalue weighted by Crippen LogP contribution is 2.41. The van der Waals surface area contributed by atoms with E-state index in [0.29, 0.717) is 22.9 Å². The fourth-order valence-electron chi connectivity index (χ4n) is 3.87. The first kappa shape index (κ1) is 18.3. The maximum Gasteiger partial charge on any atom is 0.226 e. The number of hydrogen-bond acceptors (Lipinski definition) is 6. The number of fused-ring (bicyclic) bond motifs is 2. The van der Waals surface area contributed by atoms with Gasteiger partial charge in [-0.2, -0.15) is 15.0 Å². The highest BCUT2D eigenvalue weighted by atomic mass is 32.1. The molecule has 0 fully saturated rings. The Balaban J connectivity index is 1.63. The summed E-state index contributed by atoms with van der Waals surface area (Å²) in [7, 11) is 1.63. The first-order chi connectivity index (χ1) is 14.6. The van der Waals surface area contributed by atoms with E-state index in [1.807, 2.05) is 37.3 Å². The molecule has 7 nitrogen and oxygen atoms in total. The highest BCUT2D eigenvalue weighted by molar-refractivity contribution is 7.20. The van der Waals surface area contributed by atoms with Crippen LogP contribution >= 0.6 is 11.3 Å². The second-order valence-electron chi connectivity index (χ2n) is 7.13. The van der Waals surface area contributed by atoms with Gasteiger partial charge in [0.05, 0.1) is 34.7 Å². The number of thiazole rings is 1. The predicted molar refractivity (Wildman–Crippen MR) is 114 cm³/mol. The van der Waals surface area contributed by atoms with Crippen molar-refractivity contribution in [2.45, 2.75) is 19.3 Å². The first-order valence-electron chi connectivity index (χ1n) is 9.41. The van der Waals surface area contributed by atoms with Gasteiger partial charge in [0.1, 0.15) is 11.6 Å². The number of aryl methyl sites for hydroxylation is 1. The second-order valence-corrected chi connectivity index (χ2v) is 8.14. The van der Waals surface area contributed by atoms with Gasteiger partial charge in [-0.15, -0.1) is 0 Å². The number of carbonyl (C=O) groups excluding carboxylic acids is 1. The average Bonchev–Trinajstić information content (AvgIpc) is 3.33. The lowest BCUT2D eigenvalue weighted by Gasteiger charge is -2.24. The summed E-state index contributed by atoms with van der Waals surface area (Å²) in [5, 5.41) is 17.4. The molecule has 0 spiro atoms. The normalized spacial score (nSPS) is 15.5. The van der Waals surface area contributed by atoms with E-state index in [2.05, 4.69) is 11.4 Å². The Morgan fingerprint density at radius 2 is 2.07 bits per heavy atom. The van der Waals surface area contributed by atoms with E-state index in [-0.39, 0.29) is 11.8 Å². The van der Waals surface area contributed by atoms with Crippen molar-refractivity contribution in [2.24, 2.45) is 0 Å². The van der Waals surface area contributed by atoms with E-state index in [1.165, 1.54) is 11.3 Å². The number of nitrogens with zero attached hydrogens (tertiary/aromatic N) is 4. The number of carbonyl (C=O) groups is 1.